The van der Waals surface area contributed by atoms with Gasteiger partial charge in [0.05, 0.1) is 18.7 Å². The lowest BCUT2D eigenvalue weighted by molar-refractivity contribution is 0.416. The molecule has 0 saturated carbocycles. The van der Waals surface area contributed by atoms with Crippen LogP contribution in [0.15, 0.2) is 29.4 Å². The van der Waals surface area contributed by atoms with E-state index < -0.39 is 0 Å². The number of aromatic nitrogens is 3. The minimum absolute atomic E-state index is 0.505. The maximum atomic E-state index is 8.60. The Balaban J connectivity index is 2.35. The van der Waals surface area contributed by atoms with Crippen LogP contribution in [0.5, 0.6) is 5.75 Å². The van der Waals surface area contributed by atoms with Gasteiger partial charge in [-0.15, -0.1) is 10.2 Å². The molecule has 0 saturated heterocycles. The summed E-state index contributed by atoms with van der Waals surface area (Å²) in [7, 11) is 1.65. The molecule has 0 amide bonds. The molecule has 1 aromatic carbocycles. The van der Waals surface area contributed by atoms with Crippen molar-refractivity contribution in [3.05, 3.63) is 24.3 Å². The number of rotatable bonds is 6. The molecule has 0 radical (unpaired) electrons. The van der Waals surface area contributed by atoms with Crippen LogP contribution >= 0.6 is 11.8 Å². The summed E-state index contributed by atoms with van der Waals surface area (Å²) in [6, 6.07) is 9.90. The number of methoxy groups -OCH3 is 1. The molecule has 0 aliphatic rings. The van der Waals surface area contributed by atoms with Crippen LogP contribution in [0.25, 0.3) is 11.4 Å². The summed E-state index contributed by atoms with van der Waals surface area (Å²) in [5, 5.41) is 17.9. The van der Waals surface area contributed by atoms with Crippen LogP contribution in [0.4, 0.5) is 0 Å². The molecule has 0 atom stereocenters. The normalized spacial score (nSPS) is 10.2. The second-order valence-corrected chi connectivity index (χ2v) is 5.07. The van der Waals surface area contributed by atoms with Gasteiger partial charge in [0.1, 0.15) is 5.75 Å². The number of benzene rings is 1. The van der Waals surface area contributed by atoms with Crippen LogP contribution < -0.4 is 4.74 Å². The number of ether oxygens (including phenoxy) is 1. The zero-order valence-corrected chi connectivity index (χ0v) is 12.4. The fraction of sp³-hybridized carbons (Fsp3) is 0.357. The minimum atomic E-state index is 0.505. The summed E-state index contributed by atoms with van der Waals surface area (Å²) >= 11 is 1.55. The molecule has 0 spiro atoms. The van der Waals surface area contributed by atoms with E-state index in [-0.39, 0.29) is 0 Å². The first kappa shape index (κ1) is 14.4. The molecule has 20 heavy (non-hydrogen) atoms. The molecule has 0 unspecified atom stereocenters. The van der Waals surface area contributed by atoms with Gasteiger partial charge >= 0.3 is 0 Å². The molecule has 0 N–H and O–H groups in total. The predicted molar refractivity (Wildman–Crippen MR) is 78.6 cm³/mol. The van der Waals surface area contributed by atoms with E-state index in [2.05, 4.69) is 23.2 Å². The van der Waals surface area contributed by atoms with Crippen LogP contribution in [0.1, 0.15) is 13.3 Å². The van der Waals surface area contributed by atoms with Gasteiger partial charge in [-0.05, 0) is 19.1 Å². The zero-order chi connectivity index (χ0) is 14.4. The van der Waals surface area contributed by atoms with Crippen molar-refractivity contribution in [3.63, 3.8) is 0 Å². The Morgan fingerprint density at radius 2 is 2.15 bits per heavy atom. The molecular formula is C14H16N4OS. The molecule has 0 aliphatic heterocycles. The van der Waals surface area contributed by atoms with Crippen molar-refractivity contribution >= 4 is 11.8 Å². The van der Waals surface area contributed by atoms with E-state index in [1.165, 1.54) is 0 Å². The highest BCUT2D eigenvalue weighted by atomic mass is 32.2. The van der Waals surface area contributed by atoms with Crippen LogP contribution in [0, 0.1) is 11.3 Å². The summed E-state index contributed by atoms with van der Waals surface area (Å²) in [6.45, 7) is 2.83. The molecule has 6 heteroatoms. The predicted octanol–water partition coefficient (Wildman–Crippen LogP) is 2.98. The third kappa shape index (κ3) is 2.94. The number of nitrogens with zero attached hydrogens (tertiary/aromatic N) is 4. The average molecular weight is 288 g/mol. The van der Waals surface area contributed by atoms with E-state index in [0.717, 1.165) is 34.6 Å². The van der Waals surface area contributed by atoms with E-state index in [1.807, 2.05) is 28.8 Å². The fourth-order valence-corrected chi connectivity index (χ4v) is 2.74. The molecule has 0 aliphatic carbocycles. The Bertz CT molecular complexity index is 618. The third-order valence-corrected chi connectivity index (χ3v) is 3.79. The van der Waals surface area contributed by atoms with Crippen molar-refractivity contribution in [2.75, 3.05) is 12.9 Å². The second kappa shape index (κ2) is 6.96. The van der Waals surface area contributed by atoms with Crippen molar-refractivity contribution in [1.29, 1.82) is 5.26 Å². The Labute approximate surface area is 122 Å². The molecule has 0 bridgehead atoms. The first-order chi connectivity index (χ1) is 9.81. The van der Waals surface area contributed by atoms with Crippen molar-refractivity contribution in [2.24, 2.45) is 0 Å². The van der Waals surface area contributed by atoms with Gasteiger partial charge in [0, 0.05) is 18.7 Å². The first-order valence-electron chi connectivity index (χ1n) is 6.38. The molecule has 1 aromatic heterocycles. The highest BCUT2D eigenvalue weighted by Crippen LogP contribution is 2.30. The molecule has 0 fully saturated rings. The number of hydrogen-bond acceptors (Lipinski definition) is 5. The molecule has 104 valence electrons. The highest BCUT2D eigenvalue weighted by molar-refractivity contribution is 7.99. The lowest BCUT2D eigenvalue weighted by Crippen LogP contribution is -2.01. The van der Waals surface area contributed by atoms with Crippen molar-refractivity contribution < 1.29 is 4.74 Å². The Morgan fingerprint density at radius 1 is 1.35 bits per heavy atom. The quantitative estimate of drug-likeness (QED) is 0.604. The van der Waals surface area contributed by atoms with Gasteiger partial charge in [-0.25, -0.2) is 0 Å². The second-order valence-electron chi connectivity index (χ2n) is 4.01. The first-order valence-corrected chi connectivity index (χ1v) is 7.36. The van der Waals surface area contributed by atoms with Crippen LogP contribution in [0.3, 0.4) is 0 Å². The molecule has 2 aromatic rings. The van der Waals surface area contributed by atoms with Gasteiger partial charge in [-0.2, -0.15) is 5.26 Å². The Hall–Kier alpha value is -2.00. The van der Waals surface area contributed by atoms with Crippen LogP contribution in [0.2, 0.25) is 0 Å². The Kier molecular flexibility index (Phi) is 5.02. The van der Waals surface area contributed by atoms with E-state index in [4.69, 9.17) is 10.00 Å². The van der Waals surface area contributed by atoms with Crippen molar-refractivity contribution in [3.8, 4) is 23.2 Å². The number of thioether (sulfide) groups is 1. The standard InChI is InChI=1S/C14H16N4OS/c1-3-18-13(11-7-4-5-8-12(11)19-2)16-17-14(18)20-10-6-9-15/h4-5,7-8H,3,6,10H2,1-2H3. The SMILES string of the molecule is CCn1c(SCCC#N)nnc1-c1ccccc1OC. The summed E-state index contributed by atoms with van der Waals surface area (Å²) in [5.41, 5.74) is 0.927. The zero-order valence-electron chi connectivity index (χ0n) is 11.5. The van der Waals surface area contributed by atoms with Gasteiger partial charge in [-0.1, -0.05) is 23.9 Å². The maximum Gasteiger partial charge on any atom is 0.191 e. The van der Waals surface area contributed by atoms with Gasteiger partial charge in [0.25, 0.3) is 0 Å². The number of para-hydroxylation sites is 1. The fourth-order valence-electron chi connectivity index (χ4n) is 1.90. The summed E-state index contributed by atoms with van der Waals surface area (Å²) in [4.78, 5) is 0. The minimum Gasteiger partial charge on any atom is -0.496 e. The van der Waals surface area contributed by atoms with Crippen LogP contribution in [-0.4, -0.2) is 27.6 Å². The Morgan fingerprint density at radius 3 is 2.85 bits per heavy atom. The van der Waals surface area contributed by atoms with E-state index in [0.29, 0.717) is 6.42 Å². The topological polar surface area (TPSA) is 63.7 Å². The average Bonchev–Trinajstić information content (AvgIpc) is 2.90. The number of hydrogen-bond donors (Lipinski definition) is 0. The monoisotopic (exact) mass is 288 g/mol. The molecule has 2 rings (SSSR count). The van der Waals surface area contributed by atoms with Crippen LogP contribution in [-0.2, 0) is 6.54 Å². The van der Waals surface area contributed by atoms with Gasteiger partial charge in [-0.3, -0.25) is 0 Å². The van der Waals surface area contributed by atoms with Crippen molar-refractivity contribution in [1.82, 2.24) is 14.8 Å². The summed E-state index contributed by atoms with van der Waals surface area (Å²) < 4.78 is 7.42. The van der Waals surface area contributed by atoms with Crippen molar-refractivity contribution in [2.45, 2.75) is 25.0 Å². The van der Waals surface area contributed by atoms with Gasteiger partial charge in [0.15, 0.2) is 11.0 Å². The largest absolute Gasteiger partial charge is 0.496 e. The molecule has 5 nitrogen and oxygen atoms in total. The van der Waals surface area contributed by atoms with Gasteiger partial charge < -0.3 is 9.30 Å². The smallest absolute Gasteiger partial charge is 0.191 e. The lowest BCUT2D eigenvalue weighted by Gasteiger charge is -2.09. The summed E-state index contributed by atoms with van der Waals surface area (Å²) in [5.74, 6) is 2.30. The molecule has 1 heterocycles. The highest BCUT2D eigenvalue weighted by Gasteiger charge is 2.15. The van der Waals surface area contributed by atoms with E-state index >= 15 is 0 Å². The van der Waals surface area contributed by atoms with E-state index in [9.17, 15) is 0 Å². The summed E-state index contributed by atoms with van der Waals surface area (Å²) in [6.07, 6.45) is 0.505. The van der Waals surface area contributed by atoms with E-state index in [1.54, 1.807) is 18.9 Å². The number of nitriles is 1. The van der Waals surface area contributed by atoms with Gasteiger partial charge in [0.2, 0.25) is 0 Å². The maximum absolute atomic E-state index is 8.60. The third-order valence-electron chi connectivity index (χ3n) is 2.83. The molecular weight excluding hydrogens is 272 g/mol. The lowest BCUT2D eigenvalue weighted by atomic mass is 10.2.